The normalized spacial score (nSPS) is 19.5. The first-order valence-electron chi connectivity index (χ1n) is 5.73. The second kappa shape index (κ2) is 6.08. The molecular formula is C11H23N3O. The van der Waals surface area contributed by atoms with E-state index in [0.29, 0.717) is 6.04 Å². The van der Waals surface area contributed by atoms with E-state index in [2.05, 4.69) is 29.2 Å². The highest BCUT2D eigenvalue weighted by Gasteiger charge is 2.19. The highest BCUT2D eigenvalue weighted by atomic mass is 16.1. The average molecular weight is 213 g/mol. The van der Waals surface area contributed by atoms with Crippen molar-refractivity contribution in [1.29, 1.82) is 0 Å². The molecule has 1 amide bonds. The number of carbonyl (C=O) groups excluding carboxylic acids is 1. The van der Waals surface area contributed by atoms with E-state index >= 15 is 0 Å². The molecule has 0 radical (unpaired) electrons. The van der Waals surface area contributed by atoms with Gasteiger partial charge in [-0.15, -0.1) is 0 Å². The number of rotatable bonds is 4. The van der Waals surface area contributed by atoms with Crippen LogP contribution in [-0.4, -0.2) is 62.0 Å². The molecule has 0 saturated carbocycles. The lowest BCUT2D eigenvalue weighted by molar-refractivity contribution is -0.119. The fourth-order valence-electron chi connectivity index (χ4n) is 2.03. The third kappa shape index (κ3) is 4.62. The van der Waals surface area contributed by atoms with Crippen LogP contribution >= 0.6 is 0 Å². The number of hydrogen-bond donors (Lipinski definition) is 1. The summed E-state index contributed by atoms with van der Waals surface area (Å²) < 4.78 is 0. The Hall–Kier alpha value is -0.610. The molecule has 0 spiro atoms. The third-order valence-corrected chi connectivity index (χ3v) is 3.15. The Balaban J connectivity index is 2.16. The van der Waals surface area contributed by atoms with Gasteiger partial charge in [-0.3, -0.25) is 4.79 Å². The smallest absolute Gasteiger partial charge is 0.216 e. The zero-order valence-electron chi connectivity index (χ0n) is 10.1. The van der Waals surface area contributed by atoms with Gasteiger partial charge in [-0.1, -0.05) is 0 Å². The van der Waals surface area contributed by atoms with E-state index in [4.69, 9.17) is 0 Å². The molecule has 0 atom stereocenters. The summed E-state index contributed by atoms with van der Waals surface area (Å²) in [6.45, 7) is 5.66. The van der Waals surface area contributed by atoms with Crippen molar-refractivity contribution in [2.75, 3.05) is 40.3 Å². The van der Waals surface area contributed by atoms with E-state index in [1.165, 1.54) is 25.9 Å². The second-order valence-electron chi connectivity index (χ2n) is 4.50. The summed E-state index contributed by atoms with van der Waals surface area (Å²) in [5, 5.41) is 2.83. The van der Waals surface area contributed by atoms with Gasteiger partial charge >= 0.3 is 0 Å². The molecule has 1 fully saturated rings. The highest BCUT2D eigenvalue weighted by Crippen LogP contribution is 2.13. The fraction of sp³-hybridized carbons (Fsp3) is 0.909. The van der Waals surface area contributed by atoms with Crippen molar-refractivity contribution >= 4 is 5.91 Å². The predicted octanol–water partition coefficient (Wildman–Crippen LogP) is 0.149. The van der Waals surface area contributed by atoms with Gasteiger partial charge in [-0.05, 0) is 40.0 Å². The van der Waals surface area contributed by atoms with Gasteiger partial charge in [0.1, 0.15) is 0 Å². The Kier molecular flexibility index (Phi) is 5.05. The molecule has 15 heavy (non-hydrogen) atoms. The minimum absolute atomic E-state index is 0.0618. The zero-order valence-corrected chi connectivity index (χ0v) is 10.1. The van der Waals surface area contributed by atoms with Crippen molar-refractivity contribution in [3.05, 3.63) is 0 Å². The lowest BCUT2D eigenvalue weighted by Gasteiger charge is -2.35. The molecule has 1 aliphatic heterocycles. The number of hydrogen-bond acceptors (Lipinski definition) is 3. The topological polar surface area (TPSA) is 35.6 Å². The first-order valence-corrected chi connectivity index (χ1v) is 5.73. The molecule has 0 bridgehead atoms. The van der Waals surface area contributed by atoms with Crippen LogP contribution in [0.5, 0.6) is 0 Å². The number of piperidine rings is 1. The van der Waals surface area contributed by atoms with Gasteiger partial charge in [-0.25, -0.2) is 0 Å². The first kappa shape index (κ1) is 12.5. The van der Waals surface area contributed by atoms with E-state index in [9.17, 15) is 4.79 Å². The standard InChI is InChI=1S/C11H23N3O/c1-10(15)12-6-9-14(3)11-4-7-13(2)8-5-11/h11H,4-9H2,1-3H3,(H,12,15). The molecule has 4 nitrogen and oxygen atoms in total. The molecule has 4 heteroatoms. The van der Waals surface area contributed by atoms with Crippen LogP contribution in [0.4, 0.5) is 0 Å². The van der Waals surface area contributed by atoms with E-state index < -0.39 is 0 Å². The molecule has 0 aromatic rings. The van der Waals surface area contributed by atoms with Crippen LogP contribution in [0.25, 0.3) is 0 Å². The second-order valence-corrected chi connectivity index (χ2v) is 4.50. The molecule has 1 aliphatic rings. The summed E-state index contributed by atoms with van der Waals surface area (Å²) >= 11 is 0. The monoisotopic (exact) mass is 213 g/mol. The number of carbonyl (C=O) groups is 1. The Morgan fingerprint density at radius 2 is 2.07 bits per heavy atom. The SMILES string of the molecule is CC(=O)NCCN(C)C1CCN(C)CC1. The number of nitrogens with one attached hydrogen (secondary N) is 1. The number of likely N-dealkylation sites (tertiary alicyclic amines) is 1. The third-order valence-electron chi connectivity index (χ3n) is 3.15. The van der Waals surface area contributed by atoms with E-state index in [0.717, 1.165) is 13.1 Å². The van der Waals surface area contributed by atoms with Gasteiger partial charge in [0.25, 0.3) is 0 Å². The summed E-state index contributed by atoms with van der Waals surface area (Å²) in [4.78, 5) is 15.4. The molecule has 0 aromatic heterocycles. The van der Waals surface area contributed by atoms with Crippen LogP contribution in [0.1, 0.15) is 19.8 Å². The summed E-state index contributed by atoms with van der Waals surface area (Å²) in [7, 11) is 4.32. The Morgan fingerprint density at radius 3 is 2.60 bits per heavy atom. The molecule has 1 saturated heterocycles. The van der Waals surface area contributed by atoms with Crippen LogP contribution < -0.4 is 5.32 Å². The lowest BCUT2D eigenvalue weighted by Crippen LogP contribution is -2.44. The van der Waals surface area contributed by atoms with Crippen LogP contribution in [0.15, 0.2) is 0 Å². The summed E-state index contributed by atoms with van der Waals surface area (Å²) in [5.74, 6) is 0.0618. The Labute approximate surface area is 92.6 Å². The predicted molar refractivity (Wildman–Crippen MR) is 61.8 cm³/mol. The fourth-order valence-corrected chi connectivity index (χ4v) is 2.03. The first-order chi connectivity index (χ1) is 7.09. The largest absolute Gasteiger partial charge is 0.355 e. The van der Waals surface area contributed by atoms with Gasteiger partial charge < -0.3 is 15.1 Å². The average Bonchev–Trinajstić information content (AvgIpc) is 2.18. The van der Waals surface area contributed by atoms with Crippen LogP contribution in [0.3, 0.4) is 0 Å². The van der Waals surface area contributed by atoms with Crippen molar-refractivity contribution in [3.63, 3.8) is 0 Å². The van der Waals surface area contributed by atoms with Gasteiger partial charge in [0, 0.05) is 26.1 Å². The van der Waals surface area contributed by atoms with Crippen LogP contribution in [0.2, 0.25) is 0 Å². The van der Waals surface area contributed by atoms with E-state index in [-0.39, 0.29) is 5.91 Å². The van der Waals surface area contributed by atoms with Gasteiger partial charge in [0.05, 0.1) is 0 Å². The summed E-state index contributed by atoms with van der Waals surface area (Å²) in [5.41, 5.74) is 0. The Morgan fingerprint density at radius 1 is 1.47 bits per heavy atom. The maximum atomic E-state index is 10.7. The van der Waals surface area contributed by atoms with Crippen molar-refractivity contribution in [1.82, 2.24) is 15.1 Å². The van der Waals surface area contributed by atoms with Crippen LogP contribution in [0, 0.1) is 0 Å². The van der Waals surface area contributed by atoms with Crippen molar-refractivity contribution in [3.8, 4) is 0 Å². The minimum Gasteiger partial charge on any atom is -0.355 e. The van der Waals surface area contributed by atoms with Gasteiger partial charge in [-0.2, -0.15) is 0 Å². The minimum atomic E-state index is 0.0618. The number of likely N-dealkylation sites (N-methyl/N-ethyl adjacent to an activating group) is 1. The summed E-state index contributed by atoms with van der Waals surface area (Å²) in [6, 6.07) is 0.690. The molecule has 0 aromatic carbocycles. The number of amides is 1. The molecule has 0 unspecified atom stereocenters. The van der Waals surface area contributed by atoms with Crippen molar-refractivity contribution in [2.45, 2.75) is 25.8 Å². The Bertz CT molecular complexity index is 200. The van der Waals surface area contributed by atoms with Crippen molar-refractivity contribution in [2.24, 2.45) is 0 Å². The molecule has 1 rings (SSSR count). The van der Waals surface area contributed by atoms with Gasteiger partial charge in [0.2, 0.25) is 5.91 Å². The maximum absolute atomic E-state index is 10.7. The summed E-state index contributed by atoms with van der Waals surface area (Å²) in [6.07, 6.45) is 2.49. The molecule has 1 heterocycles. The van der Waals surface area contributed by atoms with Crippen molar-refractivity contribution < 1.29 is 4.79 Å². The van der Waals surface area contributed by atoms with Crippen LogP contribution in [-0.2, 0) is 4.79 Å². The molecular weight excluding hydrogens is 190 g/mol. The lowest BCUT2D eigenvalue weighted by atomic mass is 10.0. The number of nitrogens with zero attached hydrogens (tertiary/aromatic N) is 2. The quantitative estimate of drug-likeness (QED) is 0.722. The molecule has 88 valence electrons. The van der Waals surface area contributed by atoms with E-state index in [1.54, 1.807) is 6.92 Å². The van der Waals surface area contributed by atoms with E-state index in [1.807, 2.05) is 0 Å². The van der Waals surface area contributed by atoms with Gasteiger partial charge in [0.15, 0.2) is 0 Å². The molecule has 0 aliphatic carbocycles. The zero-order chi connectivity index (χ0) is 11.3. The maximum Gasteiger partial charge on any atom is 0.216 e. The molecule has 1 N–H and O–H groups in total. The highest BCUT2D eigenvalue weighted by molar-refractivity contribution is 5.72.